The molecule has 1 heterocycles. The maximum Gasteiger partial charge on any atom is 0.338 e. The molecule has 0 radical (unpaired) electrons. The average molecular weight is 463 g/mol. The van der Waals surface area contributed by atoms with E-state index in [0.29, 0.717) is 34.9 Å². The second kappa shape index (κ2) is 9.90. The number of hydrogen-bond donors (Lipinski definition) is 1. The minimum Gasteiger partial charge on any atom is -0.462 e. The van der Waals surface area contributed by atoms with Gasteiger partial charge in [-0.2, -0.15) is 0 Å². The van der Waals surface area contributed by atoms with Gasteiger partial charge in [0.1, 0.15) is 0 Å². The lowest BCUT2D eigenvalue weighted by atomic mass is 10.1. The second-order valence-corrected chi connectivity index (χ2v) is 9.18. The van der Waals surface area contributed by atoms with E-state index < -0.39 is 16.0 Å². The van der Waals surface area contributed by atoms with Gasteiger partial charge in [0.25, 0.3) is 0 Å². The predicted octanol–water partition coefficient (Wildman–Crippen LogP) is 3.09. The van der Waals surface area contributed by atoms with Gasteiger partial charge in [0, 0.05) is 24.7 Å². The fraction of sp³-hybridized carbons (Fsp3) is 0.364. The number of esters is 1. The summed E-state index contributed by atoms with van der Waals surface area (Å²) in [7, 11) is -3.57. The number of carbonyl (C=O) groups is 2. The fourth-order valence-electron chi connectivity index (χ4n) is 3.22. The molecular weight excluding hydrogens is 436 g/mol. The van der Waals surface area contributed by atoms with Crippen LogP contribution in [0, 0.1) is 6.92 Å². The Morgan fingerprint density at radius 3 is 2.59 bits per heavy atom. The summed E-state index contributed by atoms with van der Waals surface area (Å²) in [5.41, 5.74) is 2.09. The maximum absolute atomic E-state index is 12.5. The van der Waals surface area contributed by atoms with E-state index in [1.807, 2.05) is 6.92 Å². The Hall–Kier alpha value is -3.27. The molecule has 10 heteroatoms. The summed E-state index contributed by atoms with van der Waals surface area (Å²) >= 11 is 0. The van der Waals surface area contributed by atoms with Gasteiger partial charge in [0.15, 0.2) is 11.5 Å². The summed E-state index contributed by atoms with van der Waals surface area (Å²) in [6, 6.07) is 9.83. The highest BCUT2D eigenvalue weighted by molar-refractivity contribution is 7.92. The monoisotopic (exact) mass is 462 g/mol. The van der Waals surface area contributed by atoms with Crippen molar-refractivity contribution in [2.75, 3.05) is 35.8 Å². The number of nitrogens with zero attached hydrogens (tertiary/aromatic N) is 1. The topological polar surface area (TPSA) is 111 Å². The largest absolute Gasteiger partial charge is 0.462 e. The molecule has 0 fully saturated rings. The third-order valence-corrected chi connectivity index (χ3v) is 6.03. The Labute approximate surface area is 187 Å². The number of benzene rings is 2. The van der Waals surface area contributed by atoms with Crippen molar-refractivity contribution in [1.82, 2.24) is 0 Å². The second-order valence-electron chi connectivity index (χ2n) is 7.27. The molecule has 0 saturated carbocycles. The van der Waals surface area contributed by atoms with Gasteiger partial charge in [-0.1, -0.05) is 6.07 Å². The van der Waals surface area contributed by atoms with Crippen LogP contribution in [0.25, 0.3) is 0 Å². The standard InChI is InChI=1S/C22H26N2O7S/c1-4-29-22(26)16-8-7-15(2)18(12-16)23-21(25)6-5-11-24(32(3,27)28)17-9-10-19-20(13-17)31-14-30-19/h7-10,12-13H,4-6,11,14H2,1-3H3,(H,23,25). The highest BCUT2D eigenvalue weighted by Gasteiger charge is 2.21. The molecule has 3 rings (SSSR count). The number of hydrogen-bond acceptors (Lipinski definition) is 7. The van der Waals surface area contributed by atoms with Crippen LogP contribution < -0.4 is 19.1 Å². The summed E-state index contributed by atoms with van der Waals surface area (Å²) in [5.74, 6) is 0.289. The number of anilines is 2. The zero-order valence-corrected chi connectivity index (χ0v) is 19.0. The summed E-state index contributed by atoms with van der Waals surface area (Å²) in [6.45, 7) is 4.00. The number of carbonyl (C=O) groups excluding carboxylic acids is 2. The Balaban J connectivity index is 1.63. The van der Waals surface area contributed by atoms with Crippen LogP contribution in [0.4, 0.5) is 11.4 Å². The molecule has 0 bridgehead atoms. The number of sulfonamides is 1. The third-order valence-electron chi connectivity index (χ3n) is 4.83. The maximum atomic E-state index is 12.5. The Bertz CT molecular complexity index is 1120. The van der Waals surface area contributed by atoms with Crippen molar-refractivity contribution >= 4 is 33.3 Å². The molecule has 2 aromatic rings. The number of amides is 1. The zero-order chi connectivity index (χ0) is 23.3. The summed E-state index contributed by atoms with van der Waals surface area (Å²) < 4.78 is 41.4. The van der Waals surface area contributed by atoms with Crippen LogP contribution in [0.3, 0.4) is 0 Å². The predicted molar refractivity (Wildman–Crippen MR) is 120 cm³/mol. The molecule has 0 saturated heterocycles. The van der Waals surface area contributed by atoms with Crippen LogP contribution >= 0.6 is 0 Å². The van der Waals surface area contributed by atoms with Crippen LogP contribution in [0.5, 0.6) is 11.5 Å². The van der Waals surface area contributed by atoms with E-state index in [4.69, 9.17) is 14.2 Å². The molecule has 1 N–H and O–H groups in total. The molecule has 1 aliphatic heterocycles. The van der Waals surface area contributed by atoms with E-state index in [9.17, 15) is 18.0 Å². The number of nitrogens with one attached hydrogen (secondary N) is 1. The van der Waals surface area contributed by atoms with Crippen molar-refractivity contribution in [2.24, 2.45) is 0 Å². The van der Waals surface area contributed by atoms with Gasteiger partial charge in [-0.25, -0.2) is 13.2 Å². The minimum absolute atomic E-state index is 0.0919. The van der Waals surface area contributed by atoms with Gasteiger partial charge < -0.3 is 19.5 Å². The first-order chi connectivity index (χ1) is 15.2. The number of aryl methyl sites for hydroxylation is 1. The van der Waals surface area contributed by atoms with E-state index in [0.717, 1.165) is 11.8 Å². The van der Waals surface area contributed by atoms with Crippen LogP contribution in [-0.4, -0.2) is 46.5 Å². The molecule has 2 aromatic carbocycles. The summed E-state index contributed by atoms with van der Waals surface area (Å²) in [6.07, 6.45) is 1.51. The van der Waals surface area contributed by atoms with Crippen LogP contribution in [0.1, 0.15) is 35.7 Å². The van der Waals surface area contributed by atoms with Gasteiger partial charge in [-0.15, -0.1) is 0 Å². The highest BCUT2D eigenvalue weighted by atomic mass is 32.2. The van der Waals surface area contributed by atoms with E-state index >= 15 is 0 Å². The van der Waals surface area contributed by atoms with Crippen molar-refractivity contribution in [3.05, 3.63) is 47.5 Å². The first kappa shape index (κ1) is 23.4. The molecular formula is C22H26N2O7S. The van der Waals surface area contributed by atoms with E-state index in [1.165, 1.54) is 4.31 Å². The number of fused-ring (bicyclic) bond motifs is 1. The molecule has 0 spiro atoms. The normalized spacial score (nSPS) is 12.3. The lowest BCUT2D eigenvalue weighted by Crippen LogP contribution is -2.31. The van der Waals surface area contributed by atoms with Gasteiger partial charge >= 0.3 is 5.97 Å². The minimum atomic E-state index is -3.57. The number of rotatable bonds is 9. The third kappa shape index (κ3) is 5.70. The summed E-state index contributed by atoms with van der Waals surface area (Å²) in [4.78, 5) is 24.4. The van der Waals surface area contributed by atoms with Gasteiger partial charge in [-0.3, -0.25) is 9.10 Å². The van der Waals surface area contributed by atoms with Gasteiger partial charge in [0.05, 0.1) is 24.1 Å². The van der Waals surface area contributed by atoms with Crippen LogP contribution in [0.15, 0.2) is 36.4 Å². The first-order valence-electron chi connectivity index (χ1n) is 10.1. The molecule has 9 nitrogen and oxygen atoms in total. The van der Waals surface area contributed by atoms with Crippen molar-refractivity contribution in [3.63, 3.8) is 0 Å². The lowest BCUT2D eigenvalue weighted by molar-refractivity contribution is -0.116. The number of ether oxygens (including phenoxy) is 3. The lowest BCUT2D eigenvalue weighted by Gasteiger charge is -2.22. The zero-order valence-electron chi connectivity index (χ0n) is 18.2. The van der Waals surface area contributed by atoms with Crippen molar-refractivity contribution in [3.8, 4) is 11.5 Å². The van der Waals surface area contributed by atoms with Crippen molar-refractivity contribution < 1.29 is 32.2 Å². The van der Waals surface area contributed by atoms with Crippen molar-refractivity contribution in [1.29, 1.82) is 0 Å². The quantitative estimate of drug-likeness (QED) is 0.570. The van der Waals surface area contributed by atoms with Crippen LogP contribution in [-0.2, 0) is 19.6 Å². The average Bonchev–Trinajstić information content (AvgIpc) is 3.20. The molecule has 1 amide bonds. The molecule has 0 unspecified atom stereocenters. The Morgan fingerprint density at radius 1 is 1.12 bits per heavy atom. The van der Waals surface area contributed by atoms with Gasteiger partial charge in [-0.05, 0) is 50.1 Å². The molecule has 32 heavy (non-hydrogen) atoms. The van der Waals surface area contributed by atoms with E-state index in [-0.39, 0.29) is 32.3 Å². The summed E-state index contributed by atoms with van der Waals surface area (Å²) in [5, 5.41) is 2.78. The SMILES string of the molecule is CCOC(=O)c1ccc(C)c(NC(=O)CCCN(c2ccc3c(c2)OCO3)S(C)(=O)=O)c1. The Morgan fingerprint density at radius 2 is 1.88 bits per heavy atom. The smallest absolute Gasteiger partial charge is 0.338 e. The molecule has 172 valence electrons. The highest BCUT2D eigenvalue weighted by Crippen LogP contribution is 2.36. The van der Waals surface area contributed by atoms with Gasteiger partial charge in [0.2, 0.25) is 22.7 Å². The fourth-order valence-corrected chi connectivity index (χ4v) is 4.18. The van der Waals surface area contributed by atoms with E-state index in [1.54, 1.807) is 43.3 Å². The molecule has 0 aromatic heterocycles. The molecule has 0 aliphatic carbocycles. The Kier molecular flexibility index (Phi) is 7.24. The molecule has 0 atom stereocenters. The van der Waals surface area contributed by atoms with Crippen molar-refractivity contribution in [2.45, 2.75) is 26.7 Å². The van der Waals surface area contributed by atoms with E-state index in [2.05, 4.69) is 5.32 Å². The van der Waals surface area contributed by atoms with Crippen LogP contribution in [0.2, 0.25) is 0 Å². The first-order valence-corrected chi connectivity index (χ1v) is 12.0. The molecule has 1 aliphatic rings.